The number of hydrogen-bond donors (Lipinski definition) is 1. The van der Waals surface area contributed by atoms with E-state index < -0.39 is 0 Å². The highest BCUT2D eigenvalue weighted by Gasteiger charge is 2.16. The van der Waals surface area contributed by atoms with E-state index in [9.17, 15) is 9.59 Å². The number of nitrogens with one attached hydrogen (secondary N) is 1. The molecule has 27 heavy (non-hydrogen) atoms. The third-order valence-electron chi connectivity index (χ3n) is 4.81. The van der Waals surface area contributed by atoms with Crippen molar-refractivity contribution in [1.29, 1.82) is 0 Å². The maximum Gasteiger partial charge on any atom is 0.240 e. The Balaban J connectivity index is 1.75. The summed E-state index contributed by atoms with van der Waals surface area (Å²) < 4.78 is 1.93. The van der Waals surface area contributed by atoms with Crippen molar-refractivity contribution < 1.29 is 4.79 Å². The van der Waals surface area contributed by atoms with E-state index in [-0.39, 0.29) is 23.9 Å². The normalized spacial score (nSPS) is 12.3. The fraction of sp³-hybridized carbons (Fsp3) is 0.182. The first-order chi connectivity index (χ1) is 13.2. The van der Waals surface area contributed by atoms with Crippen molar-refractivity contribution in [3.8, 4) is 0 Å². The van der Waals surface area contributed by atoms with Gasteiger partial charge >= 0.3 is 0 Å². The van der Waals surface area contributed by atoms with E-state index in [4.69, 9.17) is 0 Å². The van der Waals surface area contributed by atoms with Gasteiger partial charge in [-0.15, -0.1) is 11.3 Å². The van der Waals surface area contributed by atoms with E-state index in [1.165, 1.54) is 0 Å². The van der Waals surface area contributed by atoms with Gasteiger partial charge in [0, 0.05) is 15.6 Å². The topological polar surface area (TPSA) is 51.1 Å². The lowest BCUT2D eigenvalue weighted by atomic mass is 10.1. The van der Waals surface area contributed by atoms with Gasteiger partial charge in [0.05, 0.1) is 17.1 Å². The molecule has 0 radical (unpaired) electrons. The Labute approximate surface area is 161 Å². The van der Waals surface area contributed by atoms with Crippen molar-refractivity contribution in [3.05, 3.63) is 81.1 Å². The van der Waals surface area contributed by atoms with Gasteiger partial charge in [-0.2, -0.15) is 0 Å². The maximum absolute atomic E-state index is 12.8. The van der Waals surface area contributed by atoms with E-state index >= 15 is 0 Å². The molecule has 2 aromatic heterocycles. The van der Waals surface area contributed by atoms with Gasteiger partial charge in [0.1, 0.15) is 6.54 Å². The van der Waals surface area contributed by atoms with E-state index in [1.54, 1.807) is 11.3 Å². The lowest BCUT2D eigenvalue weighted by Gasteiger charge is -2.18. The minimum absolute atomic E-state index is 0.00267. The molecule has 4 aromatic rings. The fourth-order valence-electron chi connectivity index (χ4n) is 3.49. The van der Waals surface area contributed by atoms with Crippen LogP contribution in [0.3, 0.4) is 0 Å². The van der Waals surface area contributed by atoms with Crippen LogP contribution in [-0.4, -0.2) is 10.5 Å². The van der Waals surface area contributed by atoms with Gasteiger partial charge in [-0.1, -0.05) is 37.3 Å². The van der Waals surface area contributed by atoms with Gasteiger partial charge in [0.25, 0.3) is 0 Å². The second-order valence-electron chi connectivity index (χ2n) is 6.49. The molecule has 0 spiro atoms. The van der Waals surface area contributed by atoms with Gasteiger partial charge < -0.3 is 9.88 Å². The maximum atomic E-state index is 12.8. The summed E-state index contributed by atoms with van der Waals surface area (Å²) in [7, 11) is 0. The average molecular weight is 376 g/mol. The van der Waals surface area contributed by atoms with Gasteiger partial charge in [-0.05, 0) is 42.1 Å². The van der Waals surface area contributed by atoms with Crippen LogP contribution in [0.4, 0.5) is 0 Å². The summed E-state index contributed by atoms with van der Waals surface area (Å²) in [5, 5.41) is 6.42. The highest BCUT2D eigenvalue weighted by atomic mass is 32.1. The molecule has 0 aliphatic heterocycles. The van der Waals surface area contributed by atoms with Crippen LogP contribution in [0.15, 0.2) is 70.8 Å². The molecule has 136 valence electrons. The van der Waals surface area contributed by atoms with Gasteiger partial charge in [0.15, 0.2) is 5.43 Å². The first-order valence-electron chi connectivity index (χ1n) is 9.02. The number of carbonyl (C=O) groups is 1. The summed E-state index contributed by atoms with van der Waals surface area (Å²) in [6.07, 6.45) is 0.831. The number of nitrogens with zero attached hydrogens (tertiary/aromatic N) is 1. The Hall–Kier alpha value is -2.92. The first kappa shape index (κ1) is 17.5. The van der Waals surface area contributed by atoms with Crippen LogP contribution in [-0.2, 0) is 11.3 Å². The van der Waals surface area contributed by atoms with E-state index in [0.29, 0.717) is 10.8 Å². The standard InChI is InChI=1S/C22H20N2O2S/c1-2-17(20-12-7-13-27-20)23-21(25)14-24-18-10-5-3-8-15(18)22(26)16-9-4-6-11-19(16)24/h3-13,17H,2,14H2,1H3,(H,23,25). The van der Waals surface area contributed by atoms with Crippen LogP contribution < -0.4 is 10.7 Å². The molecule has 0 saturated carbocycles. The van der Waals surface area contributed by atoms with E-state index in [1.807, 2.05) is 70.6 Å². The zero-order valence-corrected chi connectivity index (χ0v) is 15.8. The number of para-hydroxylation sites is 2. The number of carbonyl (C=O) groups excluding carboxylic acids is 1. The first-order valence-corrected chi connectivity index (χ1v) is 9.90. The van der Waals surface area contributed by atoms with Gasteiger partial charge in [-0.25, -0.2) is 0 Å². The quantitative estimate of drug-likeness (QED) is 0.522. The highest BCUT2D eigenvalue weighted by Crippen LogP contribution is 2.22. The minimum Gasteiger partial charge on any atom is -0.347 e. The third-order valence-corrected chi connectivity index (χ3v) is 5.80. The second-order valence-corrected chi connectivity index (χ2v) is 7.47. The zero-order valence-electron chi connectivity index (χ0n) is 15.0. The predicted octanol–water partition coefficient (Wildman–Crippen LogP) is 4.48. The lowest BCUT2D eigenvalue weighted by molar-refractivity contribution is -0.122. The van der Waals surface area contributed by atoms with Crippen molar-refractivity contribution in [2.75, 3.05) is 0 Å². The molecule has 4 rings (SSSR count). The molecular weight excluding hydrogens is 356 g/mol. The molecule has 4 nitrogen and oxygen atoms in total. The predicted molar refractivity (Wildman–Crippen MR) is 111 cm³/mol. The van der Waals surface area contributed by atoms with Crippen LogP contribution >= 0.6 is 11.3 Å². The summed E-state index contributed by atoms with van der Waals surface area (Å²) in [5.41, 5.74) is 1.56. The number of pyridine rings is 1. The Morgan fingerprint density at radius 3 is 2.19 bits per heavy atom. The minimum atomic E-state index is -0.0609. The molecule has 1 amide bonds. The molecule has 1 atom stereocenters. The number of fused-ring (bicyclic) bond motifs is 2. The molecule has 0 aliphatic carbocycles. The van der Waals surface area contributed by atoms with Gasteiger partial charge in [-0.3, -0.25) is 9.59 Å². The van der Waals surface area contributed by atoms with Crippen LogP contribution in [0, 0.1) is 0 Å². The van der Waals surface area contributed by atoms with Crippen molar-refractivity contribution >= 4 is 39.0 Å². The molecule has 0 fully saturated rings. The summed E-state index contributed by atoms with van der Waals surface area (Å²) in [6, 6.07) is 19.0. The fourth-order valence-corrected chi connectivity index (χ4v) is 4.36. The monoisotopic (exact) mass is 376 g/mol. The number of thiophene rings is 1. The number of hydrogen-bond acceptors (Lipinski definition) is 3. The average Bonchev–Trinajstić information content (AvgIpc) is 3.24. The molecule has 0 aliphatic rings. The smallest absolute Gasteiger partial charge is 0.240 e. The van der Waals surface area contributed by atoms with Gasteiger partial charge in [0.2, 0.25) is 5.91 Å². The van der Waals surface area contributed by atoms with E-state index in [0.717, 1.165) is 22.3 Å². The molecule has 2 heterocycles. The second kappa shape index (κ2) is 7.37. The number of benzene rings is 2. The summed E-state index contributed by atoms with van der Waals surface area (Å²) in [4.78, 5) is 26.8. The zero-order chi connectivity index (χ0) is 18.8. The highest BCUT2D eigenvalue weighted by molar-refractivity contribution is 7.10. The SMILES string of the molecule is CCC(NC(=O)Cn1c2ccccc2c(=O)c2ccccc21)c1cccs1. The Kier molecular flexibility index (Phi) is 4.77. The Bertz CT molecular complexity index is 1100. The Morgan fingerprint density at radius 1 is 1.00 bits per heavy atom. The van der Waals surface area contributed by atoms with Crippen molar-refractivity contribution in [1.82, 2.24) is 9.88 Å². The number of amides is 1. The summed E-state index contributed by atoms with van der Waals surface area (Å²) in [5.74, 6) is -0.0609. The molecule has 5 heteroatoms. The molecule has 0 saturated heterocycles. The molecule has 1 unspecified atom stereocenters. The number of rotatable bonds is 5. The van der Waals surface area contributed by atoms with E-state index in [2.05, 4.69) is 12.2 Å². The molecular formula is C22H20N2O2S. The largest absolute Gasteiger partial charge is 0.347 e. The van der Waals surface area contributed by atoms with Crippen molar-refractivity contribution in [2.45, 2.75) is 25.9 Å². The summed E-state index contributed by atoms with van der Waals surface area (Å²) >= 11 is 1.65. The van der Waals surface area contributed by atoms with Crippen LogP contribution in [0.2, 0.25) is 0 Å². The van der Waals surface area contributed by atoms with Crippen LogP contribution in [0.5, 0.6) is 0 Å². The molecule has 2 aromatic carbocycles. The summed E-state index contributed by atoms with van der Waals surface area (Å²) in [6.45, 7) is 2.23. The molecule has 0 bridgehead atoms. The number of aromatic nitrogens is 1. The van der Waals surface area contributed by atoms with Crippen LogP contribution in [0.1, 0.15) is 24.3 Å². The lowest BCUT2D eigenvalue weighted by Crippen LogP contribution is -2.31. The molecule has 1 N–H and O–H groups in total. The van der Waals surface area contributed by atoms with Crippen LogP contribution in [0.25, 0.3) is 21.8 Å². The van der Waals surface area contributed by atoms with Crippen molar-refractivity contribution in [2.24, 2.45) is 0 Å². The third kappa shape index (κ3) is 3.26. The Morgan fingerprint density at radius 2 is 1.63 bits per heavy atom. The van der Waals surface area contributed by atoms with Crippen molar-refractivity contribution in [3.63, 3.8) is 0 Å².